The average Bonchev–Trinajstić information content (AvgIpc) is 2.44. The molecule has 5 nitrogen and oxygen atoms in total. The van der Waals surface area contributed by atoms with Gasteiger partial charge < -0.3 is 19.2 Å². The number of carboxylic acids is 1. The third-order valence-corrected chi connectivity index (χ3v) is 3.26. The molecule has 0 bridgehead atoms. The van der Waals surface area contributed by atoms with Crippen LogP contribution in [0, 0.1) is 5.41 Å². The SMILES string of the molecule is CC1(C)COB(c2ccc(CCOCC(=O)O)cc2)OC1. The van der Waals surface area contributed by atoms with Crippen LogP contribution in [0.15, 0.2) is 24.3 Å². The van der Waals surface area contributed by atoms with Crippen molar-refractivity contribution in [1.29, 1.82) is 0 Å². The summed E-state index contributed by atoms with van der Waals surface area (Å²) in [6.07, 6.45) is 0.687. The van der Waals surface area contributed by atoms with Gasteiger partial charge in [-0.15, -0.1) is 0 Å². The van der Waals surface area contributed by atoms with Crippen LogP contribution in [0.5, 0.6) is 0 Å². The Morgan fingerprint density at radius 1 is 1.29 bits per heavy atom. The molecule has 0 radical (unpaired) electrons. The number of carboxylic acid groups (broad SMARTS) is 1. The fraction of sp³-hybridized carbons (Fsp3) is 0.533. The maximum absolute atomic E-state index is 10.3. The van der Waals surface area contributed by atoms with Crippen LogP contribution in [0.4, 0.5) is 0 Å². The largest absolute Gasteiger partial charge is 0.493 e. The second kappa shape index (κ2) is 7.07. The molecule has 1 aliphatic rings. The summed E-state index contributed by atoms with van der Waals surface area (Å²) in [6.45, 7) is 5.74. The molecule has 1 aliphatic heterocycles. The molecule has 0 saturated carbocycles. The maximum atomic E-state index is 10.3. The van der Waals surface area contributed by atoms with E-state index in [9.17, 15) is 4.79 Å². The van der Waals surface area contributed by atoms with Gasteiger partial charge in [0.05, 0.1) is 6.61 Å². The quantitative estimate of drug-likeness (QED) is 0.628. The zero-order chi connectivity index (χ0) is 15.3. The van der Waals surface area contributed by atoms with E-state index in [2.05, 4.69) is 13.8 Å². The lowest BCUT2D eigenvalue weighted by atomic mass is 9.75. The summed E-state index contributed by atoms with van der Waals surface area (Å²) in [5.41, 5.74) is 2.17. The van der Waals surface area contributed by atoms with Crippen LogP contribution in [0.25, 0.3) is 0 Å². The Balaban J connectivity index is 1.80. The number of hydrogen-bond donors (Lipinski definition) is 1. The lowest BCUT2D eigenvalue weighted by Crippen LogP contribution is -2.47. The van der Waals surface area contributed by atoms with Gasteiger partial charge in [-0.25, -0.2) is 4.79 Å². The molecule has 1 aromatic carbocycles. The molecule has 114 valence electrons. The molecule has 1 heterocycles. The van der Waals surface area contributed by atoms with Gasteiger partial charge in [0.1, 0.15) is 6.61 Å². The first-order chi connectivity index (χ1) is 9.96. The number of benzene rings is 1. The molecule has 0 amide bonds. The highest BCUT2D eigenvalue weighted by Gasteiger charge is 2.33. The normalized spacial score (nSPS) is 17.7. The standard InChI is InChI=1S/C15H21BO5/c1-15(2)10-20-16(21-11-15)13-5-3-12(4-6-13)7-8-19-9-14(17)18/h3-6H,7-11H2,1-2H3,(H,17,18). The topological polar surface area (TPSA) is 65.0 Å². The van der Waals surface area contributed by atoms with E-state index in [0.717, 1.165) is 11.0 Å². The molecule has 21 heavy (non-hydrogen) atoms. The van der Waals surface area contributed by atoms with Crippen LogP contribution in [0.1, 0.15) is 19.4 Å². The van der Waals surface area contributed by atoms with Crippen molar-refractivity contribution in [3.05, 3.63) is 29.8 Å². The van der Waals surface area contributed by atoms with Crippen LogP contribution >= 0.6 is 0 Å². The van der Waals surface area contributed by atoms with Gasteiger partial charge >= 0.3 is 13.1 Å². The lowest BCUT2D eigenvalue weighted by Gasteiger charge is -2.33. The minimum atomic E-state index is -0.945. The van der Waals surface area contributed by atoms with Crippen LogP contribution in [-0.2, 0) is 25.3 Å². The molecular weight excluding hydrogens is 271 g/mol. The first kappa shape index (κ1) is 16.0. The molecule has 6 heteroatoms. The van der Waals surface area contributed by atoms with Gasteiger partial charge in [-0.1, -0.05) is 38.1 Å². The third kappa shape index (κ3) is 5.15. The second-order valence-corrected chi connectivity index (χ2v) is 6.06. The Morgan fingerprint density at radius 3 is 2.48 bits per heavy atom. The van der Waals surface area contributed by atoms with Crippen molar-refractivity contribution < 1.29 is 23.9 Å². The van der Waals surface area contributed by atoms with E-state index in [1.165, 1.54) is 0 Å². The van der Waals surface area contributed by atoms with E-state index in [-0.39, 0.29) is 19.1 Å². The number of ether oxygens (including phenoxy) is 1. The summed E-state index contributed by atoms with van der Waals surface area (Å²) in [5.74, 6) is -0.945. The summed E-state index contributed by atoms with van der Waals surface area (Å²) < 4.78 is 16.5. The highest BCUT2D eigenvalue weighted by Crippen LogP contribution is 2.21. The molecule has 1 saturated heterocycles. The molecule has 1 aromatic rings. The van der Waals surface area contributed by atoms with E-state index in [0.29, 0.717) is 26.2 Å². The van der Waals surface area contributed by atoms with Gasteiger partial charge in [0.25, 0.3) is 0 Å². The molecule has 1 N–H and O–H groups in total. The van der Waals surface area contributed by atoms with Crippen molar-refractivity contribution in [2.24, 2.45) is 5.41 Å². The van der Waals surface area contributed by atoms with Crippen molar-refractivity contribution in [2.75, 3.05) is 26.4 Å². The summed E-state index contributed by atoms with van der Waals surface area (Å²) in [7, 11) is -0.296. The Hall–Kier alpha value is -1.37. The van der Waals surface area contributed by atoms with E-state index in [1.807, 2.05) is 24.3 Å². The Kier molecular flexibility index (Phi) is 5.39. The molecule has 2 rings (SSSR count). The summed E-state index contributed by atoms with van der Waals surface area (Å²) >= 11 is 0. The number of aliphatic carboxylic acids is 1. The fourth-order valence-electron chi connectivity index (χ4n) is 2.08. The Bertz CT molecular complexity index is 461. The van der Waals surface area contributed by atoms with E-state index in [1.54, 1.807) is 0 Å². The van der Waals surface area contributed by atoms with Crippen LogP contribution < -0.4 is 5.46 Å². The maximum Gasteiger partial charge on any atom is 0.493 e. The van der Waals surface area contributed by atoms with Crippen molar-refractivity contribution in [1.82, 2.24) is 0 Å². The predicted molar refractivity (Wildman–Crippen MR) is 79.7 cm³/mol. The van der Waals surface area contributed by atoms with Crippen molar-refractivity contribution >= 4 is 18.6 Å². The molecular formula is C15H21BO5. The smallest absolute Gasteiger partial charge is 0.480 e. The summed E-state index contributed by atoms with van der Waals surface area (Å²) in [4.78, 5) is 10.3. The summed E-state index contributed by atoms with van der Waals surface area (Å²) in [5, 5.41) is 8.48. The van der Waals surface area contributed by atoms with Gasteiger partial charge in [-0.05, 0) is 17.4 Å². The number of rotatable bonds is 6. The number of carbonyl (C=O) groups is 1. The first-order valence-corrected chi connectivity index (χ1v) is 7.08. The van der Waals surface area contributed by atoms with Crippen molar-refractivity contribution in [3.63, 3.8) is 0 Å². The average molecular weight is 292 g/mol. The highest BCUT2D eigenvalue weighted by molar-refractivity contribution is 6.61. The minimum absolute atomic E-state index is 0.0674. The van der Waals surface area contributed by atoms with E-state index in [4.69, 9.17) is 19.2 Å². The molecule has 0 unspecified atom stereocenters. The molecule has 1 fully saturated rings. The molecule has 0 atom stereocenters. The zero-order valence-corrected chi connectivity index (χ0v) is 12.5. The predicted octanol–water partition coefficient (Wildman–Crippen LogP) is 1.10. The monoisotopic (exact) mass is 292 g/mol. The van der Waals surface area contributed by atoms with Crippen LogP contribution in [0.3, 0.4) is 0 Å². The van der Waals surface area contributed by atoms with Crippen molar-refractivity contribution in [3.8, 4) is 0 Å². The highest BCUT2D eigenvalue weighted by atomic mass is 16.6. The van der Waals surface area contributed by atoms with Crippen LogP contribution in [0.2, 0.25) is 0 Å². The first-order valence-electron chi connectivity index (χ1n) is 7.08. The minimum Gasteiger partial charge on any atom is -0.480 e. The molecule has 0 aromatic heterocycles. The lowest BCUT2D eigenvalue weighted by molar-refractivity contribution is -0.142. The third-order valence-electron chi connectivity index (χ3n) is 3.26. The molecule has 0 aliphatic carbocycles. The van der Waals surface area contributed by atoms with Crippen molar-refractivity contribution in [2.45, 2.75) is 20.3 Å². The Morgan fingerprint density at radius 2 is 1.90 bits per heavy atom. The van der Waals surface area contributed by atoms with Crippen LogP contribution in [-0.4, -0.2) is 44.6 Å². The van der Waals surface area contributed by atoms with Gasteiger partial charge in [0, 0.05) is 18.6 Å². The van der Waals surface area contributed by atoms with Gasteiger partial charge in [0.2, 0.25) is 0 Å². The number of hydrogen-bond acceptors (Lipinski definition) is 4. The van der Waals surface area contributed by atoms with Gasteiger partial charge in [0.15, 0.2) is 0 Å². The van der Waals surface area contributed by atoms with E-state index < -0.39 is 5.97 Å². The van der Waals surface area contributed by atoms with Gasteiger partial charge in [-0.3, -0.25) is 0 Å². The molecule has 0 spiro atoms. The Labute approximate surface area is 125 Å². The second-order valence-electron chi connectivity index (χ2n) is 6.06. The fourth-order valence-corrected chi connectivity index (χ4v) is 2.08. The zero-order valence-electron chi connectivity index (χ0n) is 12.5. The van der Waals surface area contributed by atoms with Gasteiger partial charge in [-0.2, -0.15) is 0 Å². The summed E-state index contributed by atoms with van der Waals surface area (Å²) in [6, 6.07) is 7.95. The van der Waals surface area contributed by atoms with E-state index >= 15 is 0 Å².